The molecular formula is C28H21Cl3N2O5S. The van der Waals surface area contributed by atoms with Gasteiger partial charge in [-0.05, 0) is 97.8 Å². The number of nitrogens with one attached hydrogen (secondary N) is 2. The van der Waals surface area contributed by atoms with Gasteiger partial charge in [-0.3, -0.25) is 10.1 Å². The zero-order valence-electron chi connectivity index (χ0n) is 20.6. The van der Waals surface area contributed by atoms with E-state index in [-0.39, 0.29) is 25.4 Å². The molecule has 2 N–H and O–H groups in total. The zero-order valence-corrected chi connectivity index (χ0v) is 23.7. The van der Waals surface area contributed by atoms with Gasteiger partial charge in [0.25, 0.3) is 5.91 Å². The molecule has 39 heavy (non-hydrogen) atoms. The fraction of sp³-hybridized carbons (Fsp3) is 0.0714. The first-order valence-corrected chi connectivity index (χ1v) is 14.0. The number of ether oxygens (including phenoxy) is 1. The number of sulfone groups is 1. The van der Waals surface area contributed by atoms with Gasteiger partial charge in [-0.25, -0.2) is 13.2 Å². The quantitative estimate of drug-likeness (QED) is 0.234. The van der Waals surface area contributed by atoms with Gasteiger partial charge in [0.15, 0.2) is 0 Å². The van der Waals surface area contributed by atoms with E-state index in [4.69, 9.17) is 39.5 Å². The third-order valence-electron chi connectivity index (χ3n) is 5.59. The highest BCUT2D eigenvalue weighted by Crippen LogP contribution is 2.33. The summed E-state index contributed by atoms with van der Waals surface area (Å²) in [6.07, 6.45) is 0. The summed E-state index contributed by atoms with van der Waals surface area (Å²) in [6.45, 7) is 3.40. The molecule has 0 radical (unpaired) electrons. The average molecular weight is 604 g/mol. The molecule has 0 spiro atoms. The lowest BCUT2D eigenvalue weighted by Crippen LogP contribution is -2.34. The van der Waals surface area contributed by atoms with Crippen LogP contribution in [0.15, 0.2) is 88.7 Å². The SMILES string of the molecule is Cc1cc(Oc2ccc(NC(=O)NC(=O)c3c(Cl)cccc3Cl)cc2)cc(C)c1S(=O)(=O)c1ccc(Cl)cc1. The number of aryl methyl sites for hydroxylation is 2. The van der Waals surface area contributed by atoms with Crippen molar-refractivity contribution in [1.82, 2.24) is 5.32 Å². The average Bonchev–Trinajstić information content (AvgIpc) is 2.85. The number of urea groups is 1. The van der Waals surface area contributed by atoms with Crippen LogP contribution in [0.2, 0.25) is 15.1 Å². The summed E-state index contributed by atoms with van der Waals surface area (Å²) < 4.78 is 32.3. The predicted octanol–water partition coefficient (Wildman–Crippen LogP) is 7.85. The summed E-state index contributed by atoms with van der Waals surface area (Å²) >= 11 is 17.9. The van der Waals surface area contributed by atoms with Gasteiger partial charge in [-0.15, -0.1) is 0 Å². The number of halogens is 3. The molecule has 0 aromatic heterocycles. The smallest absolute Gasteiger partial charge is 0.326 e. The van der Waals surface area contributed by atoms with E-state index in [2.05, 4.69) is 10.6 Å². The second-order valence-electron chi connectivity index (χ2n) is 8.47. The molecule has 0 atom stereocenters. The van der Waals surface area contributed by atoms with Gasteiger partial charge in [-0.1, -0.05) is 40.9 Å². The van der Waals surface area contributed by atoms with Crippen LogP contribution in [0.5, 0.6) is 11.5 Å². The number of imide groups is 1. The molecule has 4 rings (SSSR count). The Kier molecular flexibility index (Phi) is 8.51. The van der Waals surface area contributed by atoms with E-state index >= 15 is 0 Å². The fourth-order valence-electron chi connectivity index (χ4n) is 3.91. The Morgan fingerprint density at radius 3 is 1.90 bits per heavy atom. The molecule has 0 unspecified atom stereocenters. The molecule has 0 aliphatic heterocycles. The van der Waals surface area contributed by atoms with Crippen LogP contribution < -0.4 is 15.4 Å². The van der Waals surface area contributed by atoms with Crippen LogP contribution in [0, 0.1) is 13.8 Å². The maximum atomic E-state index is 13.2. The van der Waals surface area contributed by atoms with Gasteiger partial charge in [-0.2, -0.15) is 0 Å². The summed E-state index contributed by atoms with van der Waals surface area (Å²) in [5, 5.41) is 5.42. The maximum Gasteiger partial charge on any atom is 0.326 e. The minimum atomic E-state index is -3.75. The Morgan fingerprint density at radius 2 is 1.33 bits per heavy atom. The van der Waals surface area contributed by atoms with E-state index in [1.165, 1.54) is 36.4 Å². The van der Waals surface area contributed by atoms with Crippen molar-refractivity contribution in [2.24, 2.45) is 0 Å². The normalized spacial score (nSPS) is 11.1. The Bertz CT molecular complexity index is 1630. The number of hydrogen-bond acceptors (Lipinski definition) is 5. The summed E-state index contributed by atoms with van der Waals surface area (Å²) in [7, 11) is -3.75. The number of rotatable bonds is 6. The molecule has 200 valence electrons. The van der Waals surface area contributed by atoms with E-state index in [9.17, 15) is 18.0 Å². The standard InChI is InChI=1S/C28H21Cl3N2O5S/c1-16-14-21(15-17(2)26(16)39(36,37)22-12-6-18(29)7-13-22)38-20-10-8-19(9-11-20)32-28(35)33-27(34)25-23(30)4-3-5-24(25)31/h3-15H,1-2H3,(H2,32,33,34,35). The van der Waals surface area contributed by atoms with Crippen molar-refractivity contribution in [2.45, 2.75) is 23.6 Å². The molecule has 11 heteroatoms. The van der Waals surface area contributed by atoms with Crippen molar-refractivity contribution in [3.63, 3.8) is 0 Å². The molecular weight excluding hydrogens is 583 g/mol. The number of hydrogen-bond donors (Lipinski definition) is 2. The van der Waals surface area contributed by atoms with Crippen molar-refractivity contribution >= 4 is 62.3 Å². The van der Waals surface area contributed by atoms with Crippen LogP contribution >= 0.6 is 34.8 Å². The second kappa shape index (κ2) is 11.7. The van der Waals surface area contributed by atoms with Gasteiger partial charge >= 0.3 is 6.03 Å². The molecule has 0 aliphatic carbocycles. The van der Waals surface area contributed by atoms with Crippen molar-refractivity contribution in [1.29, 1.82) is 0 Å². The molecule has 4 aromatic rings. The van der Waals surface area contributed by atoms with Crippen LogP contribution in [0.4, 0.5) is 10.5 Å². The van der Waals surface area contributed by atoms with Crippen LogP contribution in [0.25, 0.3) is 0 Å². The minimum absolute atomic E-state index is 0.00250. The molecule has 0 fully saturated rings. The van der Waals surface area contributed by atoms with E-state index < -0.39 is 21.8 Å². The zero-order chi connectivity index (χ0) is 28.3. The lowest BCUT2D eigenvalue weighted by atomic mass is 10.1. The molecule has 0 heterocycles. The topological polar surface area (TPSA) is 102 Å². The first-order chi connectivity index (χ1) is 18.5. The van der Waals surface area contributed by atoms with E-state index in [0.29, 0.717) is 33.3 Å². The molecule has 7 nitrogen and oxygen atoms in total. The Morgan fingerprint density at radius 1 is 0.769 bits per heavy atom. The first kappa shape index (κ1) is 28.4. The van der Waals surface area contributed by atoms with Crippen LogP contribution in [0.3, 0.4) is 0 Å². The number of benzene rings is 4. The highest BCUT2D eigenvalue weighted by Gasteiger charge is 2.23. The fourth-order valence-corrected chi connectivity index (χ4v) is 6.30. The molecule has 4 aromatic carbocycles. The Balaban J connectivity index is 1.44. The van der Waals surface area contributed by atoms with Gasteiger partial charge in [0.05, 0.1) is 25.4 Å². The summed E-state index contributed by atoms with van der Waals surface area (Å²) in [4.78, 5) is 25.0. The molecule has 0 bridgehead atoms. The van der Waals surface area contributed by atoms with Crippen molar-refractivity contribution in [3.05, 3.63) is 111 Å². The van der Waals surface area contributed by atoms with Crippen molar-refractivity contribution in [3.8, 4) is 11.5 Å². The second-order valence-corrected chi connectivity index (χ2v) is 11.6. The lowest BCUT2D eigenvalue weighted by Gasteiger charge is -2.14. The summed E-state index contributed by atoms with van der Waals surface area (Å²) in [5.41, 5.74) is 1.45. The number of anilines is 1. The van der Waals surface area contributed by atoms with Crippen molar-refractivity contribution in [2.75, 3.05) is 5.32 Å². The third-order valence-corrected chi connectivity index (χ3v) is 8.55. The first-order valence-electron chi connectivity index (χ1n) is 11.4. The van der Waals surface area contributed by atoms with E-state index in [0.717, 1.165) is 0 Å². The Hall–Kier alpha value is -3.56. The molecule has 0 saturated heterocycles. The molecule has 0 aliphatic rings. The van der Waals surface area contributed by atoms with Gasteiger partial charge in [0.2, 0.25) is 9.84 Å². The van der Waals surface area contributed by atoms with Gasteiger partial charge < -0.3 is 10.1 Å². The highest BCUT2D eigenvalue weighted by molar-refractivity contribution is 7.91. The van der Waals surface area contributed by atoms with Gasteiger partial charge in [0.1, 0.15) is 11.5 Å². The predicted molar refractivity (Wildman–Crippen MR) is 152 cm³/mol. The number of amides is 3. The summed E-state index contributed by atoms with van der Waals surface area (Å²) in [6, 6.07) is 19.5. The van der Waals surface area contributed by atoms with Crippen LogP contribution in [0.1, 0.15) is 21.5 Å². The third kappa shape index (κ3) is 6.54. The number of carbonyl (C=O) groups excluding carboxylic acids is 2. The van der Waals surface area contributed by atoms with Gasteiger partial charge in [0, 0.05) is 10.7 Å². The lowest BCUT2D eigenvalue weighted by molar-refractivity contribution is 0.0967. The van der Waals surface area contributed by atoms with Crippen molar-refractivity contribution < 1.29 is 22.7 Å². The molecule has 3 amide bonds. The Labute approximate surface area is 240 Å². The largest absolute Gasteiger partial charge is 0.457 e. The molecule has 0 saturated carbocycles. The number of carbonyl (C=O) groups is 2. The maximum absolute atomic E-state index is 13.2. The highest BCUT2D eigenvalue weighted by atomic mass is 35.5. The van der Waals surface area contributed by atoms with Crippen LogP contribution in [-0.4, -0.2) is 20.4 Å². The summed E-state index contributed by atoms with van der Waals surface area (Å²) in [5.74, 6) is 0.156. The monoisotopic (exact) mass is 602 g/mol. The van der Waals surface area contributed by atoms with E-state index in [1.54, 1.807) is 56.3 Å². The minimum Gasteiger partial charge on any atom is -0.457 e. The van der Waals surface area contributed by atoms with Crippen LogP contribution in [-0.2, 0) is 9.84 Å². The van der Waals surface area contributed by atoms with E-state index in [1.807, 2.05) is 0 Å².